The van der Waals surface area contributed by atoms with E-state index in [1.54, 1.807) is 30.3 Å². The number of para-hydroxylation sites is 1. The van der Waals surface area contributed by atoms with E-state index < -0.39 is 15.6 Å². The molecule has 0 radical (unpaired) electrons. The van der Waals surface area contributed by atoms with Crippen LogP contribution in [0.3, 0.4) is 0 Å². The summed E-state index contributed by atoms with van der Waals surface area (Å²) in [7, 11) is -4.13. The Balaban J connectivity index is 1.94. The fraction of sp³-hybridized carbons (Fsp3) is 0.0417. The van der Waals surface area contributed by atoms with Gasteiger partial charge in [-0.05, 0) is 36.8 Å². The average Bonchev–Trinajstić information content (AvgIpc) is 3.13. The largest absolute Gasteiger partial charge is 0.454 e. The van der Waals surface area contributed by atoms with E-state index in [4.69, 9.17) is 4.42 Å². The fourth-order valence-electron chi connectivity index (χ4n) is 3.66. The number of nitrogens with zero attached hydrogens (tertiary/aromatic N) is 1. The molecule has 2 heterocycles. The summed E-state index contributed by atoms with van der Waals surface area (Å²) in [5, 5.41) is 0.568. The predicted molar refractivity (Wildman–Crippen MR) is 117 cm³/mol. The van der Waals surface area contributed by atoms with Gasteiger partial charge < -0.3 is 4.42 Å². The molecule has 2 aromatic heterocycles. The van der Waals surface area contributed by atoms with Crippen molar-refractivity contribution in [1.29, 1.82) is 0 Å². The smallest absolute Gasteiger partial charge is 0.271 e. The third-order valence-corrected chi connectivity index (χ3v) is 6.84. The number of benzene rings is 3. The molecule has 0 saturated carbocycles. The molecule has 0 unspecified atom stereocenters. The van der Waals surface area contributed by atoms with Gasteiger partial charge in [0.15, 0.2) is 5.58 Å². The van der Waals surface area contributed by atoms with E-state index in [-0.39, 0.29) is 10.4 Å². The zero-order valence-electron chi connectivity index (χ0n) is 16.1. The molecule has 0 N–H and O–H groups in total. The summed E-state index contributed by atoms with van der Waals surface area (Å²) in [5.41, 5.74) is 2.76. The Hall–Kier alpha value is -3.64. The first kappa shape index (κ1) is 18.4. The number of fused-ring (bicyclic) bond motifs is 3. The lowest BCUT2D eigenvalue weighted by Gasteiger charge is -2.11. The number of aromatic nitrogens is 1. The Bertz CT molecular complexity index is 1560. The molecule has 5 aromatic rings. The maximum Gasteiger partial charge on any atom is 0.271 e. The van der Waals surface area contributed by atoms with E-state index >= 15 is 0 Å². The lowest BCUT2D eigenvalue weighted by Crippen LogP contribution is -2.27. The van der Waals surface area contributed by atoms with Crippen LogP contribution in [0.4, 0.5) is 0 Å². The Labute approximate surface area is 172 Å². The van der Waals surface area contributed by atoms with E-state index in [0.717, 1.165) is 15.1 Å². The first-order valence-corrected chi connectivity index (χ1v) is 10.9. The molecule has 0 aliphatic rings. The summed E-state index contributed by atoms with van der Waals surface area (Å²) in [6.45, 7) is 1.87. The van der Waals surface area contributed by atoms with E-state index in [1.165, 1.54) is 18.2 Å². The quantitative estimate of drug-likeness (QED) is 0.418. The van der Waals surface area contributed by atoms with Gasteiger partial charge in [-0.1, -0.05) is 60.2 Å². The minimum absolute atomic E-state index is 0.0502. The monoisotopic (exact) mass is 415 g/mol. The minimum atomic E-state index is -4.13. The van der Waals surface area contributed by atoms with Gasteiger partial charge in [0.1, 0.15) is 11.1 Å². The molecule has 0 spiro atoms. The van der Waals surface area contributed by atoms with Crippen molar-refractivity contribution in [2.45, 2.75) is 11.8 Å². The molecule has 5 rings (SSSR count). The highest BCUT2D eigenvalue weighted by molar-refractivity contribution is 7.90. The van der Waals surface area contributed by atoms with Crippen LogP contribution < -0.4 is 5.56 Å². The molecular formula is C24H17NO4S. The van der Waals surface area contributed by atoms with Crippen LogP contribution >= 0.6 is 0 Å². The van der Waals surface area contributed by atoms with Gasteiger partial charge >= 0.3 is 0 Å². The molecule has 0 saturated heterocycles. The first-order valence-electron chi connectivity index (χ1n) is 9.42. The number of aryl methyl sites for hydroxylation is 1. The summed E-state index contributed by atoms with van der Waals surface area (Å²) in [6, 6.07) is 24.2. The third-order valence-electron chi connectivity index (χ3n) is 5.13. The van der Waals surface area contributed by atoms with Gasteiger partial charge in [0.25, 0.3) is 15.6 Å². The molecule has 148 valence electrons. The summed E-state index contributed by atoms with van der Waals surface area (Å²) < 4.78 is 33.9. The van der Waals surface area contributed by atoms with Crippen LogP contribution in [0.2, 0.25) is 0 Å². The second-order valence-electron chi connectivity index (χ2n) is 7.12. The second-order valence-corrected chi connectivity index (χ2v) is 8.91. The molecule has 0 aliphatic carbocycles. The number of hydrogen-bond donors (Lipinski definition) is 0. The Morgan fingerprint density at radius 1 is 0.833 bits per heavy atom. The van der Waals surface area contributed by atoms with Crippen molar-refractivity contribution < 1.29 is 12.8 Å². The molecule has 0 amide bonds. The van der Waals surface area contributed by atoms with Crippen molar-refractivity contribution in [3.05, 3.63) is 101 Å². The Morgan fingerprint density at radius 3 is 2.23 bits per heavy atom. The third kappa shape index (κ3) is 2.76. The highest BCUT2D eigenvalue weighted by Gasteiger charge is 2.26. The molecule has 5 nitrogen and oxygen atoms in total. The molecule has 0 aliphatic heterocycles. The highest BCUT2D eigenvalue weighted by Crippen LogP contribution is 2.35. The van der Waals surface area contributed by atoms with Crippen molar-refractivity contribution in [2.24, 2.45) is 0 Å². The molecule has 0 bridgehead atoms. The highest BCUT2D eigenvalue weighted by atomic mass is 32.2. The maximum atomic E-state index is 13.5. The van der Waals surface area contributed by atoms with Crippen molar-refractivity contribution >= 4 is 32.1 Å². The number of pyridine rings is 1. The zero-order valence-corrected chi connectivity index (χ0v) is 16.9. The average molecular weight is 415 g/mol. The normalized spacial score (nSPS) is 11.9. The number of hydrogen-bond acceptors (Lipinski definition) is 4. The molecule has 30 heavy (non-hydrogen) atoms. The number of rotatable bonds is 3. The lowest BCUT2D eigenvalue weighted by molar-refractivity contribution is 0.587. The summed E-state index contributed by atoms with van der Waals surface area (Å²) in [5.74, 6) is 0. The van der Waals surface area contributed by atoms with E-state index in [9.17, 15) is 13.2 Å². The van der Waals surface area contributed by atoms with Crippen LogP contribution in [-0.4, -0.2) is 12.4 Å². The van der Waals surface area contributed by atoms with Crippen LogP contribution in [0.5, 0.6) is 0 Å². The van der Waals surface area contributed by atoms with Crippen LogP contribution in [0.25, 0.3) is 33.2 Å². The van der Waals surface area contributed by atoms with E-state index in [0.29, 0.717) is 22.1 Å². The molecule has 0 atom stereocenters. The van der Waals surface area contributed by atoms with Gasteiger partial charge in [0.05, 0.1) is 4.90 Å². The molecule has 6 heteroatoms. The maximum absolute atomic E-state index is 13.5. The molecule has 3 aromatic carbocycles. The topological polar surface area (TPSA) is 69.3 Å². The van der Waals surface area contributed by atoms with E-state index in [2.05, 4.69) is 0 Å². The van der Waals surface area contributed by atoms with Crippen LogP contribution in [0, 0.1) is 6.92 Å². The van der Waals surface area contributed by atoms with Gasteiger partial charge in [-0.3, -0.25) is 4.79 Å². The van der Waals surface area contributed by atoms with Gasteiger partial charge in [0, 0.05) is 17.0 Å². The van der Waals surface area contributed by atoms with E-state index in [1.807, 2.05) is 43.3 Å². The van der Waals surface area contributed by atoms with Gasteiger partial charge in [0.2, 0.25) is 0 Å². The van der Waals surface area contributed by atoms with Crippen molar-refractivity contribution in [3.63, 3.8) is 0 Å². The van der Waals surface area contributed by atoms with Crippen LogP contribution in [0.15, 0.2) is 99.0 Å². The first-order chi connectivity index (χ1) is 14.5. The van der Waals surface area contributed by atoms with Crippen molar-refractivity contribution in [3.8, 4) is 11.1 Å². The summed E-state index contributed by atoms with van der Waals surface area (Å²) in [4.78, 5) is 13.2. The number of furan rings is 1. The molecule has 0 fully saturated rings. The van der Waals surface area contributed by atoms with Crippen LogP contribution in [-0.2, 0) is 10.0 Å². The SMILES string of the molecule is Cc1ccc(S(=O)(=O)n2c(=O)cc(-c3ccccc3)c3oc4ccccc4c32)cc1. The van der Waals surface area contributed by atoms with Crippen LogP contribution in [0.1, 0.15) is 5.56 Å². The fourth-order valence-corrected chi connectivity index (χ4v) is 5.06. The van der Waals surface area contributed by atoms with Gasteiger partial charge in [-0.15, -0.1) is 0 Å². The predicted octanol–water partition coefficient (Wildman–Crippen LogP) is 4.96. The van der Waals surface area contributed by atoms with Gasteiger partial charge in [-0.25, -0.2) is 8.42 Å². The zero-order chi connectivity index (χ0) is 20.9. The minimum Gasteiger partial charge on any atom is -0.454 e. The Kier molecular flexibility index (Phi) is 4.11. The summed E-state index contributed by atoms with van der Waals surface area (Å²) >= 11 is 0. The lowest BCUT2D eigenvalue weighted by atomic mass is 10.1. The standard InChI is InChI=1S/C24H17NO4S/c1-16-11-13-18(14-12-16)30(27,28)25-22(26)15-20(17-7-3-2-4-8-17)24-23(25)19-9-5-6-10-21(19)29-24/h2-15H,1H3. The Morgan fingerprint density at radius 2 is 1.50 bits per heavy atom. The summed E-state index contributed by atoms with van der Waals surface area (Å²) in [6.07, 6.45) is 0. The van der Waals surface area contributed by atoms with Crippen molar-refractivity contribution in [1.82, 2.24) is 3.97 Å². The molecular weight excluding hydrogens is 398 g/mol. The van der Waals surface area contributed by atoms with Crippen molar-refractivity contribution in [2.75, 3.05) is 0 Å². The second kappa shape index (κ2) is 6.71. The van der Waals surface area contributed by atoms with Gasteiger partial charge in [-0.2, -0.15) is 3.97 Å².